The van der Waals surface area contributed by atoms with Gasteiger partial charge < -0.3 is 26.9 Å². The van der Waals surface area contributed by atoms with Crippen LogP contribution in [0.25, 0.3) is 0 Å². The van der Waals surface area contributed by atoms with Crippen molar-refractivity contribution >= 4 is 5.97 Å². The second-order valence-corrected chi connectivity index (χ2v) is 3.98. The topological polar surface area (TPSA) is 130 Å². The molecule has 0 radical (unpaired) electrons. The Morgan fingerprint density at radius 2 is 2.35 bits per heavy atom. The van der Waals surface area contributed by atoms with Crippen LogP contribution < -0.4 is 16.8 Å². The van der Waals surface area contributed by atoms with Gasteiger partial charge in [-0.2, -0.15) is 0 Å². The molecule has 0 saturated heterocycles. The van der Waals surface area contributed by atoms with Crippen LogP contribution >= 0.6 is 0 Å². The first-order chi connectivity index (χ1) is 8.09. The van der Waals surface area contributed by atoms with Crippen LogP contribution in [0, 0.1) is 0 Å². The number of aromatic nitrogens is 2. The van der Waals surface area contributed by atoms with E-state index in [0.717, 1.165) is 5.69 Å². The molecule has 0 aromatic carbocycles. The summed E-state index contributed by atoms with van der Waals surface area (Å²) in [5, 5.41) is 11.7. The number of carboxylic acid groups (broad SMARTS) is 1. The summed E-state index contributed by atoms with van der Waals surface area (Å²) in [7, 11) is 0. The van der Waals surface area contributed by atoms with Gasteiger partial charge in [-0.15, -0.1) is 0 Å². The molecule has 0 saturated carbocycles. The number of carbonyl (C=O) groups is 1. The number of nitrogens with zero attached hydrogens (tertiary/aromatic N) is 1. The molecule has 96 valence electrons. The van der Waals surface area contributed by atoms with E-state index >= 15 is 0 Å². The molecule has 7 N–H and O–H groups in total. The first-order valence-corrected chi connectivity index (χ1v) is 5.51. The molecule has 0 bridgehead atoms. The Balaban J connectivity index is 2.08. The standard InChI is InChI=1S/C10H19N5O2/c11-7(3-8-5-14-6-15-8)4-13-2-1-9(12)10(16)17/h5-7,9,13H,1-4,11-12H2,(H,14,15)(H,16,17)/t7-,9+/m1/s1. The zero-order chi connectivity index (χ0) is 12.7. The van der Waals surface area contributed by atoms with Gasteiger partial charge in [-0.3, -0.25) is 4.79 Å². The van der Waals surface area contributed by atoms with E-state index in [-0.39, 0.29) is 6.04 Å². The van der Waals surface area contributed by atoms with Crippen LogP contribution in [-0.4, -0.2) is 46.2 Å². The average Bonchev–Trinajstić information content (AvgIpc) is 2.76. The number of nitrogens with one attached hydrogen (secondary N) is 2. The molecule has 0 fully saturated rings. The van der Waals surface area contributed by atoms with E-state index in [1.165, 1.54) is 0 Å². The summed E-state index contributed by atoms with van der Waals surface area (Å²) in [5.41, 5.74) is 12.2. The molecule has 0 spiro atoms. The fourth-order valence-electron chi connectivity index (χ4n) is 1.42. The number of H-pyrrole nitrogens is 1. The van der Waals surface area contributed by atoms with Crippen molar-refractivity contribution in [1.82, 2.24) is 15.3 Å². The summed E-state index contributed by atoms with van der Waals surface area (Å²) in [6.07, 6.45) is 4.45. The van der Waals surface area contributed by atoms with Crippen LogP contribution in [-0.2, 0) is 11.2 Å². The number of aliphatic carboxylic acids is 1. The van der Waals surface area contributed by atoms with Gasteiger partial charge in [0, 0.05) is 30.9 Å². The molecular weight excluding hydrogens is 222 g/mol. The van der Waals surface area contributed by atoms with Crippen molar-refractivity contribution in [3.05, 3.63) is 18.2 Å². The molecule has 0 aliphatic heterocycles. The number of hydrogen-bond acceptors (Lipinski definition) is 5. The quantitative estimate of drug-likeness (QED) is 0.358. The van der Waals surface area contributed by atoms with E-state index < -0.39 is 12.0 Å². The van der Waals surface area contributed by atoms with Crippen LogP contribution in [0.5, 0.6) is 0 Å². The van der Waals surface area contributed by atoms with Crippen molar-refractivity contribution < 1.29 is 9.90 Å². The Hall–Kier alpha value is -1.44. The molecule has 1 heterocycles. The molecule has 1 aromatic rings. The first-order valence-electron chi connectivity index (χ1n) is 5.51. The van der Waals surface area contributed by atoms with Gasteiger partial charge >= 0.3 is 5.97 Å². The van der Waals surface area contributed by atoms with Gasteiger partial charge in [-0.25, -0.2) is 4.98 Å². The zero-order valence-electron chi connectivity index (χ0n) is 9.60. The van der Waals surface area contributed by atoms with E-state index in [2.05, 4.69) is 15.3 Å². The van der Waals surface area contributed by atoms with Crippen LogP contribution in [0.2, 0.25) is 0 Å². The lowest BCUT2D eigenvalue weighted by molar-refractivity contribution is -0.138. The van der Waals surface area contributed by atoms with Crippen LogP contribution in [0.3, 0.4) is 0 Å². The normalized spacial score (nSPS) is 14.5. The maximum absolute atomic E-state index is 10.5. The Bertz CT molecular complexity index is 327. The summed E-state index contributed by atoms with van der Waals surface area (Å²) < 4.78 is 0. The summed E-state index contributed by atoms with van der Waals surface area (Å²) in [5.74, 6) is -0.978. The second kappa shape index (κ2) is 7.00. The minimum absolute atomic E-state index is 0.0310. The molecule has 2 atom stereocenters. The molecule has 17 heavy (non-hydrogen) atoms. The van der Waals surface area contributed by atoms with E-state index in [1.54, 1.807) is 12.5 Å². The Kier molecular flexibility index (Phi) is 5.61. The fraction of sp³-hybridized carbons (Fsp3) is 0.600. The third kappa shape index (κ3) is 5.43. The molecule has 0 amide bonds. The highest BCUT2D eigenvalue weighted by Crippen LogP contribution is 1.95. The highest BCUT2D eigenvalue weighted by molar-refractivity contribution is 5.72. The van der Waals surface area contributed by atoms with Crippen molar-refractivity contribution in [2.75, 3.05) is 13.1 Å². The summed E-state index contributed by atoms with van der Waals surface area (Å²) in [6, 6.07) is -0.845. The molecule has 1 aromatic heterocycles. The monoisotopic (exact) mass is 241 g/mol. The molecule has 1 rings (SSSR count). The Morgan fingerprint density at radius 3 is 2.94 bits per heavy atom. The molecule has 7 heteroatoms. The number of aromatic amines is 1. The van der Waals surface area contributed by atoms with E-state index in [0.29, 0.717) is 25.9 Å². The minimum Gasteiger partial charge on any atom is -0.480 e. The van der Waals surface area contributed by atoms with Gasteiger partial charge in [-0.1, -0.05) is 0 Å². The zero-order valence-corrected chi connectivity index (χ0v) is 9.60. The van der Waals surface area contributed by atoms with Crippen LogP contribution in [0.1, 0.15) is 12.1 Å². The largest absolute Gasteiger partial charge is 0.480 e. The maximum atomic E-state index is 10.5. The van der Waals surface area contributed by atoms with Crippen LogP contribution in [0.4, 0.5) is 0 Å². The van der Waals surface area contributed by atoms with E-state index in [4.69, 9.17) is 16.6 Å². The van der Waals surface area contributed by atoms with Gasteiger partial charge in [-0.05, 0) is 13.0 Å². The van der Waals surface area contributed by atoms with Crippen molar-refractivity contribution in [3.63, 3.8) is 0 Å². The average molecular weight is 241 g/mol. The highest BCUT2D eigenvalue weighted by atomic mass is 16.4. The third-order valence-electron chi connectivity index (χ3n) is 2.39. The van der Waals surface area contributed by atoms with Gasteiger partial charge in [0.25, 0.3) is 0 Å². The Morgan fingerprint density at radius 1 is 1.59 bits per heavy atom. The molecule has 7 nitrogen and oxygen atoms in total. The lowest BCUT2D eigenvalue weighted by atomic mass is 10.1. The van der Waals surface area contributed by atoms with E-state index in [1.807, 2.05) is 0 Å². The van der Waals surface area contributed by atoms with Crippen molar-refractivity contribution in [3.8, 4) is 0 Å². The lowest BCUT2D eigenvalue weighted by Crippen LogP contribution is -2.39. The summed E-state index contributed by atoms with van der Waals surface area (Å²) in [6.45, 7) is 1.16. The summed E-state index contributed by atoms with van der Waals surface area (Å²) in [4.78, 5) is 17.3. The SMILES string of the molecule is N[C@@H](CNCC[C@H](N)C(=O)O)Cc1cnc[nH]1. The molecule has 0 aliphatic rings. The van der Waals surface area contributed by atoms with Crippen molar-refractivity contribution in [2.45, 2.75) is 24.9 Å². The molecule has 0 unspecified atom stereocenters. The van der Waals surface area contributed by atoms with Gasteiger partial charge in [0.2, 0.25) is 0 Å². The van der Waals surface area contributed by atoms with Gasteiger partial charge in [0.05, 0.1) is 6.33 Å². The fourth-order valence-corrected chi connectivity index (χ4v) is 1.42. The highest BCUT2D eigenvalue weighted by Gasteiger charge is 2.10. The van der Waals surface area contributed by atoms with E-state index in [9.17, 15) is 4.79 Å². The molecule has 0 aliphatic carbocycles. The van der Waals surface area contributed by atoms with Gasteiger partial charge in [0.1, 0.15) is 6.04 Å². The predicted molar refractivity (Wildman–Crippen MR) is 63.4 cm³/mol. The third-order valence-corrected chi connectivity index (χ3v) is 2.39. The number of carboxylic acids is 1. The maximum Gasteiger partial charge on any atom is 0.320 e. The number of imidazole rings is 1. The number of hydrogen-bond donors (Lipinski definition) is 5. The van der Waals surface area contributed by atoms with Crippen LogP contribution in [0.15, 0.2) is 12.5 Å². The smallest absolute Gasteiger partial charge is 0.320 e. The first kappa shape index (κ1) is 13.6. The number of nitrogens with two attached hydrogens (primary N) is 2. The number of rotatable bonds is 8. The second-order valence-electron chi connectivity index (χ2n) is 3.98. The predicted octanol–water partition coefficient (Wildman–Crippen LogP) is -1.33. The summed E-state index contributed by atoms with van der Waals surface area (Å²) >= 11 is 0. The lowest BCUT2D eigenvalue weighted by Gasteiger charge is -2.12. The van der Waals surface area contributed by atoms with Crippen molar-refractivity contribution in [2.24, 2.45) is 11.5 Å². The van der Waals surface area contributed by atoms with Crippen molar-refractivity contribution in [1.29, 1.82) is 0 Å². The Labute approximate surface area is 99.6 Å². The molecular formula is C10H19N5O2. The van der Waals surface area contributed by atoms with Gasteiger partial charge in [0.15, 0.2) is 0 Å². The minimum atomic E-state index is -0.978.